The van der Waals surface area contributed by atoms with E-state index in [-0.39, 0.29) is 12.1 Å². The molecule has 7 heteroatoms. The van der Waals surface area contributed by atoms with Crippen molar-refractivity contribution in [1.29, 1.82) is 0 Å². The minimum Gasteiger partial charge on any atom is -0.489 e. The summed E-state index contributed by atoms with van der Waals surface area (Å²) in [7, 11) is 0. The molecule has 0 unspecified atom stereocenters. The molecule has 1 aromatic heterocycles. The lowest BCUT2D eigenvalue weighted by molar-refractivity contribution is 0.0379. The number of ether oxygens (including phenoxy) is 2. The van der Waals surface area contributed by atoms with Crippen LogP contribution in [0.5, 0.6) is 5.75 Å². The summed E-state index contributed by atoms with van der Waals surface area (Å²) in [5, 5.41) is 0.709. The highest BCUT2D eigenvalue weighted by Crippen LogP contribution is 2.31. The largest absolute Gasteiger partial charge is 0.489 e. The van der Waals surface area contributed by atoms with Crippen molar-refractivity contribution in [1.82, 2.24) is 9.88 Å². The van der Waals surface area contributed by atoms with Crippen molar-refractivity contribution >= 4 is 23.4 Å². The summed E-state index contributed by atoms with van der Waals surface area (Å²) in [4.78, 5) is 22.6. The summed E-state index contributed by atoms with van der Waals surface area (Å²) in [5.74, 6) is 1.17. The SMILES string of the molecule is CC(C)OC(=O)c1c(-c2ccccc2)ccnc1N1CCN(Cc2cccc(OCc3ccccc3Cl)c2)CC1. The number of carbonyl (C=O) groups excluding carboxylic acids is 1. The van der Waals surface area contributed by atoms with Gasteiger partial charge in [-0.05, 0) is 49.2 Å². The van der Waals surface area contributed by atoms with E-state index >= 15 is 0 Å². The smallest absolute Gasteiger partial charge is 0.342 e. The van der Waals surface area contributed by atoms with Crippen LogP contribution < -0.4 is 9.64 Å². The molecule has 4 aromatic rings. The van der Waals surface area contributed by atoms with E-state index in [0.717, 1.165) is 55.2 Å². The molecule has 0 amide bonds. The van der Waals surface area contributed by atoms with Crippen molar-refractivity contribution in [3.05, 3.63) is 113 Å². The maximum atomic E-state index is 13.3. The van der Waals surface area contributed by atoms with Gasteiger partial charge in [0.2, 0.25) is 0 Å². The van der Waals surface area contributed by atoms with Gasteiger partial charge in [0.15, 0.2) is 0 Å². The number of pyridine rings is 1. The van der Waals surface area contributed by atoms with Gasteiger partial charge in [-0.15, -0.1) is 0 Å². The maximum Gasteiger partial charge on any atom is 0.342 e. The highest BCUT2D eigenvalue weighted by Gasteiger charge is 2.27. The first kappa shape index (κ1) is 27.7. The van der Waals surface area contributed by atoms with Gasteiger partial charge in [0.25, 0.3) is 0 Å². The molecule has 0 aliphatic carbocycles. The van der Waals surface area contributed by atoms with Crippen molar-refractivity contribution in [3.63, 3.8) is 0 Å². The monoisotopic (exact) mass is 555 g/mol. The van der Waals surface area contributed by atoms with Crippen molar-refractivity contribution in [3.8, 4) is 16.9 Å². The lowest BCUT2D eigenvalue weighted by Gasteiger charge is -2.36. The van der Waals surface area contributed by atoms with E-state index in [9.17, 15) is 4.79 Å². The van der Waals surface area contributed by atoms with E-state index in [1.807, 2.05) is 86.6 Å². The minimum atomic E-state index is -0.340. The van der Waals surface area contributed by atoms with Crippen LogP contribution in [-0.4, -0.2) is 48.1 Å². The molecule has 1 fully saturated rings. The van der Waals surface area contributed by atoms with Crippen molar-refractivity contribution < 1.29 is 14.3 Å². The van der Waals surface area contributed by atoms with E-state index in [4.69, 9.17) is 21.1 Å². The second kappa shape index (κ2) is 13.0. The number of rotatable bonds is 9. The fourth-order valence-electron chi connectivity index (χ4n) is 4.91. The first-order valence-corrected chi connectivity index (χ1v) is 14.0. The summed E-state index contributed by atoms with van der Waals surface area (Å²) in [5.41, 5.74) is 4.49. The fourth-order valence-corrected chi connectivity index (χ4v) is 5.10. The zero-order valence-electron chi connectivity index (χ0n) is 22.9. The quantitative estimate of drug-likeness (QED) is 0.210. The van der Waals surface area contributed by atoms with Crippen LogP contribution >= 0.6 is 11.6 Å². The molecule has 3 aromatic carbocycles. The normalized spacial score (nSPS) is 13.8. The number of hydrogen-bond donors (Lipinski definition) is 0. The number of aromatic nitrogens is 1. The molecular formula is C33H34ClN3O3. The average molecular weight is 556 g/mol. The number of halogens is 1. The van der Waals surface area contributed by atoms with Crippen LogP contribution in [0.25, 0.3) is 11.1 Å². The molecule has 1 aliphatic rings. The number of benzene rings is 3. The Hall–Kier alpha value is -3.87. The van der Waals surface area contributed by atoms with E-state index in [1.54, 1.807) is 6.20 Å². The van der Waals surface area contributed by atoms with Crippen molar-refractivity contribution in [2.24, 2.45) is 0 Å². The molecule has 0 spiro atoms. The average Bonchev–Trinajstić information content (AvgIpc) is 2.97. The van der Waals surface area contributed by atoms with Gasteiger partial charge in [-0.2, -0.15) is 0 Å². The Morgan fingerprint density at radius 3 is 2.42 bits per heavy atom. The highest BCUT2D eigenvalue weighted by molar-refractivity contribution is 6.31. The van der Waals surface area contributed by atoms with Gasteiger partial charge in [0.05, 0.1) is 6.10 Å². The molecule has 0 radical (unpaired) electrons. The van der Waals surface area contributed by atoms with E-state index in [1.165, 1.54) is 5.56 Å². The number of nitrogens with zero attached hydrogens (tertiary/aromatic N) is 3. The summed E-state index contributed by atoms with van der Waals surface area (Å²) in [6, 6.07) is 27.8. The van der Waals surface area contributed by atoms with Crippen LogP contribution in [-0.2, 0) is 17.9 Å². The number of piperazine rings is 1. The standard InChI is InChI=1S/C33H34ClN3O3/c1-24(2)40-33(38)31-29(26-10-4-3-5-11-26)15-16-35-32(31)37-19-17-36(18-20-37)22-25-9-8-13-28(21-25)39-23-27-12-6-7-14-30(27)34/h3-16,21,24H,17-20,22-23H2,1-2H3. The van der Waals surface area contributed by atoms with Crippen LogP contribution in [0.1, 0.15) is 35.3 Å². The first-order chi connectivity index (χ1) is 19.5. The van der Waals surface area contributed by atoms with Gasteiger partial charge in [-0.25, -0.2) is 9.78 Å². The van der Waals surface area contributed by atoms with Crippen molar-refractivity contribution in [2.75, 3.05) is 31.1 Å². The van der Waals surface area contributed by atoms with Crippen LogP contribution in [0.15, 0.2) is 91.1 Å². The summed E-state index contributed by atoms with van der Waals surface area (Å²) >= 11 is 6.27. The number of anilines is 1. The lowest BCUT2D eigenvalue weighted by Crippen LogP contribution is -2.46. The third-order valence-corrected chi connectivity index (χ3v) is 7.26. The predicted octanol–water partition coefficient (Wildman–Crippen LogP) is 6.87. The Balaban J connectivity index is 1.26. The molecule has 6 nitrogen and oxygen atoms in total. The Labute approximate surface area is 241 Å². The summed E-state index contributed by atoms with van der Waals surface area (Å²) < 4.78 is 11.7. The molecule has 0 saturated carbocycles. The topological polar surface area (TPSA) is 54.9 Å². The molecule has 0 atom stereocenters. The molecule has 1 aliphatic heterocycles. The minimum absolute atomic E-state index is 0.217. The Morgan fingerprint density at radius 2 is 1.68 bits per heavy atom. The molecule has 2 heterocycles. The van der Waals surface area contributed by atoms with Gasteiger partial charge < -0.3 is 14.4 Å². The zero-order chi connectivity index (χ0) is 27.9. The van der Waals surface area contributed by atoms with Crippen LogP contribution in [0, 0.1) is 0 Å². The van der Waals surface area contributed by atoms with E-state index in [2.05, 4.69) is 26.9 Å². The van der Waals surface area contributed by atoms with Gasteiger partial charge >= 0.3 is 5.97 Å². The number of carbonyl (C=O) groups is 1. The second-order valence-electron chi connectivity index (χ2n) is 10.2. The highest BCUT2D eigenvalue weighted by atomic mass is 35.5. The first-order valence-electron chi connectivity index (χ1n) is 13.7. The molecule has 1 saturated heterocycles. The molecule has 0 bridgehead atoms. The number of hydrogen-bond acceptors (Lipinski definition) is 6. The Bertz CT molecular complexity index is 1440. The second-order valence-corrected chi connectivity index (χ2v) is 10.6. The third kappa shape index (κ3) is 6.82. The lowest BCUT2D eigenvalue weighted by atomic mass is 10.00. The summed E-state index contributed by atoms with van der Waals surface area (Å²) in [6.45, 7) is 8.19. The predicted molar refractivity (Wildman–Crippen MR) is 160 cm³/mol. The molecule has 0 N–H and O–H groups in total. The summed E-state index contributed by atoms with van der Waals surface area (Å²) in [6.07, 6.45) is 1.56. The van der Waals surface area contributed by atoms with Gasteiger partial charge in [0, 0.05) is 55.1 Å². The molecule has 5 rings (SSSR count). The molecular weight excluding hydrogens is 522 g/mol. The van der Waals surface area contributed by atoms with Gasteiger partial charge in [-0.3, -0.25) is 4.90 Å². The molecule has 40 heavy (non-hydrogen) atoms. The Kier molecular flexibility index (Phi) is 8.99. The van der Waals surface area contributed by atoms with E-state index < -0.39 is 0 Å². The van der Waals surface area contributed by atoms with Crippen LogP contribution in [0.2, 0.25) is 5.02 Å². The third-order valence-electron chi connectivity index (χ3n) is 6.89. The van der Waals surface area contributed by atoms with Crippen LogP contribution in [0.3, 0.4) is 0 Å². The fraction of sp³-hybridized carbons (Fsp3) is 0.273. The molecule has 206 valence electrons. The zero-order valence-corrected chi connectivity index (χ0v) is 23.7. The van der Waals surface area contributed by atoms with Crippen LogP contribution in [0.4, 0.5) is 5.82 Å². The van der Waals surface area contributed by atoms with Gasteiger partial charge in [-0.1, -0.05) is 72.3 Å². The van der Waals surface area contributed by atoms with E-state index in [0.29, 0.717) is 23.0 Å². The number of esters is 1. The Morgan fingerprint density at radius 1 is 0.925 bits per heavy atom. The van der Waals surface area contributed by atoms with Crippen molar-refractivity contribution in [2.45, 2.75) is 33.1 Å². The van der Waals surface area contributed by atoms with Gasteiger partial charge in [0.1, 0.15) is 23.7 Å². The maximum absolute atomic E-state index is 13.3.